The molecule has 114 valence electrons. The summed E-state index contributed by atoms with van der Waals surface area (Å²) in [5, 5.41) is 15.2. The highest BCUT2D eigenvalue weighted by Crippen LogP contribution is 1.83. The van der Waals surface area contributed by atoms with Gasteiger partial charge in [-0.1, -0.05) is 0 Å². The summed E-state index contributed by atoms with van der Waals surface area (Å²) in [6.45, 7) is 0.578. The summed E-state index contributed by atoms with van der Waals surface area (Å²) in [5.41, 5.74) is 5.37. The summed E-state index contributed by atoms with van der Waals surface area (Å²) in [6.07, 6.45) is 0. The van der Waals surface area contributed by atoms with Crippen molar-refractivity contribution in [2.75, 3.05) is 18.8 Å². The van der Waals surface area contributed by atoms with Crippen molar-refractivity contribution in [3.05, 3.63) is 0 Å². The highest BCUT2D eigenvalue weighted by molar-refractivity contribution is 7.80. The molecule has 0 saturated carbocycles. The van der Waals surface area contributed by atoms with Crippen molar-refractivity contribution in [1.29, 1.82) is 0 Å². The van der Waals surface area contributed by atoms with Gasteiger partial charge >= 0.3 is 5.97 Å². The van der Waals surface area contributed by atoms with Crippen LogP contribution in [0.25, 0.3) is 0 Å². The summed E-state index contributed by atoms with van der Waals surface area (Å²) in [7, 11) is 0. The van der Waals surface area contributed by atoms with Crippen LogP contribution >= 0.6 is 12.6 Å². The van der Waals surface area contributed by atoms with Gasteiger partial charge in [0, 0.05) is 5.75 Å². The van der Waals surface area contributed by atoms with Crippen LogP contribution in [0, 0.1) is 0 Å². The predicted molar refractivity (Wildman–Crippen MR) is 73.1 cm³/mol. The minimum Gasteiger partial charge on any atom is -0.480 e. The lowest BCUT2D eigenvalue weighted by Crippen LogP contribution is -2.48. The number of thiol groups is 1. The lowest BCUT2D eigenvalue weighted by molar-refractivity contribution is -0.141. The standard InChI is InChI=1S/C10H18N4O5S/c1-5(10(18)19)14-8(16)3-12-7(15)2-13-9(17)6(11)4-20/h5-6,20H,2-4,11H2,1H3,(H,12,15)(H,13,17)(H,14,16)(H,18,19). The Balaban J connectivity index is 3.91. The van der Waals surface area contributed by atoms with Crippen LogP contribution in [0.5, 0.6) is 0 Å². The lowest BCUT2D eigenvalue weighted by Gasteiger charge is -2.11. The van der Waals surface area contributed by atoms with E-state index in [1.165, 1.54) is 6.92 Å². The van der Waals surface area contributed by atoms with Gasteiger partial charge in [0.1, 0.15) is 6.04 Å². The maximum absolute atomic E-state index is 11.3. The number of carbonyl (C=O) groups excluding carboxylic acids is 3. The largest absolute Gasteiger partial charge is 0.480 e. The molecule has 9 nitrogen and oxygen atoms in total. The fraction of sp³-hybridized carbons (Fsp3) is 0.600. The average Bonchev–Trinajstić information content (AvgIpc) is 2.41. The van der Waals surface area contributed by atoms with Gasteiger partial charge in [-0.15, -0.1) is 0 Å². The molecule has 6 N–H and O–H groups in total. The number of carboxylic acid groups (broad SMARTS) is 1. The first-order valence-electron chi connectivity index (χ1n) is 5.71. The maximum Gasteiger partial charge on any atom is 0.325 e. The number of carbonyl (C=O) groups is 4. The monoisotopic (exact) mass is 306 g/mol. The van der Waals surface area contributed by atoms with E-state index in [1.54, 1.807) is 0 Å². The molecule has 2 atom stereocenters. The first-order valence-corrected chi connectivity index (χ1v) is 6.34. The molecule has 0 bridgehead atoms. The van der Waals surface area contributed by atoms with E-state index < -0.39 is 35.8 Å². The van der Waals surface area contributed by atoms with Gasteiger partial charge in [0.2, 0.25) is 17.7 Å². The quantitative estimate of drug-likeness (QED) is 0.264. The van der Waals surface area contributed by atoms with E-state index in [0.717, 1.165) is 0 Å². The summed E-state index contributed by atoms with van der Waals surface area (Å²) < 4.78 is 0. The van der Waals surface area contributed by atoms with Gasteiger partial charge in [-0.05, 0) is 6.92 Å². The maximum atomic E-state index is 11.3. The Kier molecular flexibility index (Phi) is 8.32. The molecule has 0 rings (SSSR count). The third kappa shape index (κ3) is 7.59. The Hall–Kier alpha value is -1.81. The van der Waals surface area contributed by atoms with Gasteiger partial charge in [0.15, 0.2) is 0 Å². The Morgan fingerprint density at radius 1 is 1.15 bits per heavy atom. The van der Waals surface area contributed by atoms with Gasteiger partial charge in [-0.25, -0.2) is 0 Å². The fourth-order valence-electron chi connectivity index (χ4n) is 0.977. The molecule has 0 aliphatic heterocycles. The minimum absolute atomic E-state index is 0.142. The molecule has 0 aromatic carbocycles. The van der Waals surface area contributed by atoms with Gasteiger partial charge in [0.25, 0.3) is 0 Å². The zero-order valence-electron chi connectivity index (χ0n) is 10.9. The van der Waals surface area contributed by atoms with Crippen molar-refractivity contribution in [3.63, 3.8) is 0 Å². The second kappa shape index (κ2) is 9.15. The Bertz CT molecular complexity index is 390. The summed E-state index contributed by atoms with van der Waals surface area (Å²) >= 11 is 3.83. The van der Waals surface area contributed by atoms with Crippen LogP contribution in [0.1, 0.15) is 6.92 Å². The van der Waals surface area contributed by atoms with E-state index in [1.807, 2.05) is 0 Å². The van der Waals surface area contributed by atoms with Crippen molar-refractivity contribution >= 4 is 36.3 Å². The van der Waals surface area contributed by atoms with Crippen LogP contribution in [-0.2, 0) is 19.2 Å². The molecule has 3 amide bonds. The molecular weight excluding hydrogens is 288 g/mol. The first-order chi connectivity index (χ1) is 9.27. The second-order valence-corrected chi connectivity index (χ2v) is 4.28. The molecule has 20 heavy (non-hydrogen) atoms. The van der Waals surface area contributed by atoms with E-state index in [4.69, 9.17) is 10.8 Å². The van der Waals surface area contributed by atoms with Crippen LogP contribution in [0.2, 0.25) is 0 Å². The molecule has 0 spiro atoms. The van der Waals surface area contributed by atoms with Crippen LogP contribution in [0.4, 0.5) is 0 Å². The highest BCUT2D eigenvalue weighted by atomic mass is 32.1. The number of nitrogens with two attached hydrogens (primary N) is 1. The number of hydrogen-bond acceptors (Lipinski definition) is 6. The van der Waals surface area contributed by atoms with Crippen LogP contribution in [0.15, 0.2) is 0 Å². The van der Waals surface area contributed by atoms with E-state index >= 15 is 0 Å². The van der Waals surface area contributed by atoms with Crippen molar-refractivity contribution in [2.24, 2.45) is 5.73 Å². The molecule has 0 aliphatic rings. The van der Waals surface area contributed by atoms with Crippen LogP contribution in [0.3, 0.4) is 0 Å². The van der Waals surface area contributed by atoms with Crippen LogP contribution < -0.4 is 21.7 Å². The van der Waals surface area contributed by atoms with E-state index in [-0.39, 0.29) is 18.8 Å². The topological polar surface area (TPSA) is 151 Å². The molecule has 0 aliphatic carbocycles. The smallest absolute Gasteiger partial charge is 0.325 e. The van der Waals surface area contributed by atoms with Crippen molar-refractivity contribution in [1.82, 2.24) is 16.0 Å². The minimum atomic E-state index is -1.18. The van der Waals surface area contributed by atoms with Crippen LogP contribution in [-0.4, -0.2) is 59.7 Å². The molecule has 10 heteroatoms. The SMILES string of the molecule is CC(NC(=O)CNC(=O)CNC(=O)C(N)CS)C(=O)O. The van der Waals surface area contributed by atoms with Gasteiger partial charge in [-0.2, -0.15) is 12.6 Å². The summed E-state index contributed by atoms with van der Waals surface area (Å²) in [6, 6.07) is -1.86. The number of aliphatic carboxylic acids is 1. The molecule has 0 fully saturated rings. The molecule has 0 saturated heterocycles. The van der Waals surface area contributed by atoms with E-state index in [2.05, 4.69) is 28.6 Å². The molecule has 0 aromatic heterocycles. The lowest BCUT2D eigenvalue weighted by atomic mass is 10.3. The zero-order valence-corrected chi connectivity index (χ0v) is 11.8. The number of hydrogen-bond donors (Lipinski definition) is 6. The van der Waals surface area contributed by atoms with Gasteiger partial charge in [-0.3, -0.25) is 19.2 Å². The van der Waals surface area contributed by atoms with Gasteiger partial charge < -0.3 is 26.8 Å². The predicted octanol–water partition coefficient (Wildman–Crippen LogP) is -2.93. The third-order valence-electron chi connectivity index (χ3n) is 2.15. The summed E-state index contributed by atoms with van der Waals surface area (Å²) in [5.74, 6) is -2.81. The molecular formula is C10H18N4O5S. The Morgan fingerprint density at radius 3 is 2.20 bits per heavy atom. The number of nitrogens with one attached hydrogen (secondary N) is 3. The summed E-state index contributed by atoms with van der Waals surface area (Å²) in [4.78, 5) is 44.3. The number of amides is 3. The molecule has 2 unspecified atom stereocenters. The van der Waals surface area contributed by atoms with E-state index in [0.29, 0.717) is 0 Å². The second-order valence-electron chi connectivity index (χ2n) is 3.91. The average molecular weight is 306 g/mol. The molecule has 0 radical (unpaired) electrons. The van der Waals surface area contributed by atoms with Crippen molar-refractivity contribution in [3.8, 4) is 0 Å². The van der Waals surface area contributed by atoms with Crippen molar-refractivity contribution < 1.29 is 24.3 Å². The van der Waals surface area contributed by atoms with Gasteiger partial charge in [0.05, 0.1) is 19.1 Å². The van der Waals surface area contributed by atoms with E-state index in [9.17, 15) is 19.2 Å². The normalized spacial score (nSPS) is 12.9. The fourth-order valence-corrected chi connectivity index (χ4v) is 1.14. The Labute approximate surface area is 121 Å². The number of carboxylic acids is 1. The number of rotatable bonds is 8. The van der Waals surface area contributed by atoms with Crippen molar-refractivity contribution in [2.45, 2.75) is 19.0 Å². The molecule has 0 aromatic rings. The Morgan fingerprint density at radius 2 is 1.70 bits per heavy atom. The zero-order chi connectivity index (χ0) is 15.7. The molecule has 0 heterocycles. The first kappa shape index (κ1) is 18.2. The third-order valence-corrected chi connectivity index (χ3v) is 2.54. The highest BCUT2D eigenvalue weighted by Gasteiger charge is 2.15.